The Morgan fingerprint density at radius 3 is 2.11 bits per heavy atom. The van der Waals surface area contributed by atoms with Gasteiger partial charge in [0.2, 0.25) is 0 Å². The first-order chi connectivity index (χ1) is 3.30. The maximum absolute atomic E-state index is 2.12. The van der Waals surface area contributed by atoms with E-state index in [0.717, 1.165) is 0 Å². The monoisotopic (exact) mass is 156 g/mol. The Kier molecular flexibility index (Phi) is 6.43. The smallest absolute Gasteiger partial charge is 0.358 e. The van der Waals surface area contributed by atoms with Crippen LogP contribution in [-0.4, -0.2) is 0 Å². The molecule has 0 saturated carbocycles. The number of rotatable bonds is 0. The van der Waals surface area contributed by atoms with Crippen molar-refractivity contribution in [3.8, 4) is 0 Å². The van der Waals surface area contributed by atoms with E-state index in [-0.39, 0.29) is 29.1 Å². The van der Waals surface area contributed by atoms with E-state index in [9.17, 15) is 0 Å². The van der Waals surface area contributed by atoms with Crippen molar-refractivity contribution in [2.45, 2.75) is 13.8 Å². The van der Waals surface area contributed by atoms with Crippen LogP contribution in [0.1, 0.15) is 11.1 Å². The summed E-state index contributed by atoms with van der Waals surface area (Å²) in [6.45, 7) is 4.24. The summed E-state index contributed by atoms with van der Waals surface area (Å²) < 4.78 is 0. The minimum Gasteiger partial charge on any atom is -0.358 e. The van der Waals surface area contributed by atoms with E-state index in [2.05, 4.69) is 32.0 Å². The summed E-state index contributed by atoms with van der Waals surface area (Å²) in [6.07, 6.45) is 0. The van der Waals surface area contributed by atoms with Crippen LogP contribution in [0.4, 0.5) is 0 Å². The van der Waals surface area contributed by atoms with Crippen LogP contribution in [0.25, 0.3) is 0 Å². The van der Waals surface area contributed by atoms with Gasteiger partial charge in [0.1, 0.15) is 0 Å². The van der Waals surface area contributed by atoms with E-state index in [0.29, 0.717) is 0 Å². The second-order valence-electron chi connectivity index (χ2n) is 1.89. The van der Waals surface area contributed by atoms with Crippen LogP contribution >= 0.6 is 0 Å². The van der Waals surface area contributed by atoms with Gasteiger partial charge in [0.15, 0.2) is 0 Å². The van der Waals surface area contributed by atoms with Gasteiger partial charge in [-0.15, -0.1) is 0 Å². The van der Waals surface area contributed by atoms with Crippen LogP contribution in [0.2, 0.25) is 0 Å². The molecule has 0 fully saturated rings. The predicted molar refractivity (Wildman–Crippen MR) is 37.9 cm³/mol. The molecule has 1 aromatic rings. The molecule has 9 heavy (non-hydrogen) atoms. The van der Waals surface area contributed by atoms with Crippen molar-refractivity contribution in [3.05, 3.63) is 36.8 Å². The van der Waals surface area contributed by atoms with Crippen molar-refractivity contribution < 1.29 is 21.7 Å². The second-order valence-corrected chi connectivity index (χ2v) is 1.89. The molecule has 0 atom stereocenters. The third-order valence-corrected chi connectivity index (χ3v) is 1.31. The van der Waals surface area contributed by atoms with Crippen LogP contribution in [0.5, 0.6) is 0 Å². The fourth-order valence-corrected chi connectivity index (χ4v) is 0.600. The Balaban J connectivity index is 0. The Labute approximate surface area is 72.5 Å². The first-order valence-corrected chi connectivity index (χ1v) is 2.49. The van der Waals surface area contributed by atoms with Gasteiger partial charge < -0.3 is 7.43 Å². The van der Waals surface area contributed by atoms with Gasteiger partial charge in [-0.3, -0.25) is 0 Å². The first kappa shape index (κ1) is 11.8. The van der Waals surface area contributed by atoms with Crippen molar-refractivity contribution in [1.29, 1.82) is 0 Å². The summed E-state index contributed by atoms with van der Waals surface area (Å²) in [5.74, 6) is 0. The van der Waals surface area contributed by atoms with E-state index in [1.807, 2.05) is 0 Å². The third kappa shape index (κ3) is 2.93. The largest absolute Gasteiger partial charge is 2.00 e. The molecule has 0 unspecified atom stereocenters. The molecule has 1 heteroatoms. The van der Waals surface area contributed by atoms with Crippen LogP contribution in [-0.2, 0) is 21.7 Å². The van der Waals surface area contributed by atoms with Gasteiger partial charge in [-0.25, -0.2) is 12.1 Å². The molecule has 0 saturated heterocycles. The van der Waals surface area contributed by atoms with Gasteiger partial charge >= 0.3 is 21.7 Å². The Hall–Kier alpha value is 0.0643. The van der Waals surface area contributed by atoms with Crippen molar-refractivity contribution in [1.82, 2.24) is 0 Å². The Bertz CT molecular complexity index is 137. The van der Waals surface area contributed by atoms with Crippen molar-refractivity contribution in [3.63, 3.8) is 0 Å². The zero-order valence-corrected chi connectivity index (χ0v) is 7.79. The van der Waals surface area contributed by atoms with E-state index in [1.54, 1.807) is 0 Å². The zero-order valence-electron chi connectivity index (χ0n) is 6.23. The normalized spacial score (nSPS) is 7.33. The molecule has 48 valence electrons. The molecule has 0 heterocycles. The molecule has 1 aromatic carbocycles. The maximum atomic E-state index is 2.12. The number of hydrogen-bond donors (Lipinski definition) is 0. The van der Waals surface area contributed by atoms with Gasteiger partial charge in [-0.1, -0.05) is 13.8 Å². The van der Waals surface area contributed by atoms with Gasteiger partial charge in [0.05, 0.1) is 0 Å². The molecule has 1 rings (SSSR count). The predicted octanol–water partition coefficient (Wildman–Crippen LogP) is 2.47. The molecular formula is C8H12Ti. The average Bonchev–Trinajstić information content (AvgIpc) is 1.91. The minimum absolute atomic E-state index is 0. The minimum atomic E-state index is 0. The van der Waals surface area contributed by atoms with Gasteiger partial charge in [0, 0.05) is 0 Å². The molecule has 0 aliphatic carbocycles. The molecule has 0 amide bonds. The van der Waals surface area contributed by atoms with Crippen molar-refractivity contribution in [2.75, 3.05) is 0 Å². The van der Waals surface area contributed by atoms with Crippen LogP contribution < -0.4 is 0 Å². The molecular weight excluding hydrogens is 144 g/mol. The van der Waals surface area contributed by atoms with E-state index < -0.39 is 0 Å². The first-order valence-electron chi connectivity index (χ1n) is 2.49. The van der Waals surface area contributed by atoms with E-state index in [4.69, 9.17) is 0 Å². The molecule has 0 N–H and O–H groups in total. The van der Waals surface area contributed by atoms with E-state index in [1.165, 1.54) is 11.1 Å². The Morgan fingerprint density at radius 2 is 2.00 bits per heavy atom. The van der Waals surface area contributed by atoms with Crippen LogP contribution in [0.15, 0.2) is 18.2 Å². The Morgan fingerprint density at radius 1 is 1.44 bits per heavy atom. The average molecular weight is 156 g/mol. The molecule has 0 aliphatic rings. The molecule has 0 aromatic heterocycles. The van der Waals surface area contributed by atoms with Gasteiger partial charge in [-0.2, -0.15) is 17.2 Å². The third-order valence-electron chi connectivity index (χ3n) is 1.31. The van der Waals surface area contributed by atoms with Gasteiger partial charge in [0.25, 0.3) is 0 Å². The second kappa shape index (κ2) is 4.90. The van der Waals surface area contributed by atoms with E-state index >= 15 is 0 Å². The summed E-state index contributed by atoms with van der Waals surface area (Å²) in [7, 11) is 0. The molecule has 0 aliphatic heterocycles. The topological polar surface area (TPSA) is 0 Å². The summed E-state index contributed by atoms with van der Waals surface area (Å²) in [5.41, 5.74) is 2.78. The molecule has 0 bridgehead atoms. The van der Waals surface area contributed by atoms with Crippen LogP contribution in [0.3, 0.4) is 0 Å². The summed E-state index contributed by atoms with van der Waals surface area (Å²) in [4.78, 5) is 0. The van der Waals surface area contributed by atoms with Crippen LogP contribution in [0, 0.1) is 21.3 Å². The summed E-state index contributed by atoms with van der Waals surface area (Å²) in [6, 6.07) is 6.31. The standard InChI is InChI=1S/C7H9.CH3.Ti/c1-6-4-3-5-7(6)2;;/h3-5H,1-2H3;1H3;/q2*-1;+2. The van der Waals surface area contributed by atoms with Crippen molar-refractivity contribution >= 4 is 0 Å². The number of aryl methyl sites for hydroxylation is 2. The fourth-order valence-electron chi connectivity index (χ4n) is 0.600. The molecule has 0 radical (unpaired) electrons. The summed E-state index contributed by atoms with van der Waals surface area (Å²) in [5, 5.41) is 0. The number of hydrogen-bond acceptors (Lipinski definition) is 0. The quantitative estimate of drug-likeness (QED) is 0.399. The summed E-state index contributed by atoms with van der Waals surface area (Å²) >= 11 is 0. The SMILES string of the molecule is Cc1ccc[c-]1C.[CH3-].[Ti+2]. The molecule has 0 nitrogen and oxygen atoms in total. The van der Waals surface area contributed by atoms with Crippen molar-refractivity contribution in [2.24, 2.45) is 0 Å². The molecule has 0 spiro atoms. The fraction of sp³-hybridized carbons (Fsp3) is 0.250. The zero-order chi connectivity index (χ0) is 5.28. The maximum Gasteiger partial charge on any atom is 2.00 e. The van der Waals surface area contributed by atoms with Gasteiger partial charge in [-0.05, 0) is 0 Å².